The normalized spacial score (nSPS) is 18.3. The zero-order chi connectivity index (χ0) is 14.0. The van der Waals surface area contributed by atoms with Crippen LogP contribution in [0, 0.1) is 0 Å². The molecule has 0 radical (unpaired) electrons. The monoisotopic (exact) mass is 266 g/mol. The fraction of sp³-hybridized carbons (Fsp3) is 0.692. The predicted octanol–water partition coefficient (Wildman–Crippen LogP) is 1.04. The highest BCUT2D eigenvalue weighted by atomic mass is 16.5. The standard InChI is InChI=1S/C13H22N4O2/c1-5-19-9-11-8-17(13(18)15(2)3)7-10-6-14-16(4)12(10)11/h6,11H,5,7-9H2,1-4H3. The molecule has 19 heavy (non-hydrogen) atoms. The molecule has 0 saturated heterocycles. The number of fused-ring (bicyclic) bond motifs is 1. The number of amides is 2. The first-order valence-corrected chi connectivity index (χ1v) is 6.59. The average Bonchev–Trinajstić information content (AvgIpc) is 2.76. The van der Waals surface area contributed by atoms with Gasteiger partial charge in [-0.05, 0) is 6.92 Å². The highest BCUT2D eigenvalue weighted by Gasteiger charge is 2.31. The Labute approximate surface area is 113 Å². The number of urea groups is 1. The molecule has 1 aliphatic heterocycles. The van der Waals surface area contributed by atoms with Crippen LogP contribution in [0.25, 0.3) is 0 Å². The minimum absolute atomic E-state index is 0.0380. The summed E-state index contributed by atoms with van der Waals surface area (Å²) in [5, 5.41) is 4.30. The Morgan fingerprint density at radius 2 is 2.32 bits per heavy atom. The maximum Gasteiger partial charge on any atom is 0.319 e. The molecule has 6 heteroatoms. The number of carbonyl (C=O) groups is 1. The van der Waals surface area contributed by atoms with E-state index < -0.39 is 0 Å². The van der Waals surface area contributed by atoms with E-state index in [2.05, 4.69) is 5.10 Å². The topological polar surface area (TPSA) is 50.6 Å². The zero-order valence-corrected chi connectivity index (χ0v) is 12.1. The molecule has 1 aromatic heterocycles. The van der Waals surface area contributed by atoms with Gasteiger partial charge >= 0.3 is 6.03 Å². The number of ether oxygens (including phenoxy) is 1. The van der Waals surface area contributed by atoms with Gasteiger partial charge in [0.2, 0.25) is 0 Å². The van der Waals surface area contributed by atoms with Crippen LogP contribution >= 0.6 is 0 Å². The van der Waals surface area contributed by atoms with Crippen LogP contribution in [0.5, 0.6) is 0 Å². The summed E-state index contributed by atoms with van der Waals surface area (Å²) in [6.07, 6.45) is 1.85. The number of aryl methyl sites for hydroxylation is 1. The van der Waals surface area contributed by atoms with Crippen molar-refractivity contribution in [3.05, 3.63) is 17.5 Å². The number of carbonyl (C=O) groups excluding carboxylic acids is 1. The summed E-state index contributed by atoms with van der Waals surface area (Å²) in [5.74, 6) is 0.195. The van der Waals surface area contributed by atoms with Crippen molar-refractivity contribution in [2.75, 3.05) is 33.9 Å². The second kappa shape index (κ2) is 5.61. The van der Waals surface area contributed by atoms with Crippen molar-refractivity contribution in [1.29, 1.82) is 0 Å². The molecule has 1 atom stereocenters. The van der Waals surface area contributed by atoms with Gasteiger partial charge in [-0.15, -0.1) is 0 Å². The van der Waals surface area contributed by atoms with E-state index in [0.29, 0.717) is 26.3 Å². The Kier molecular flexibility index (Phi) is 4.09. The molecule has 2 amide bonds. The van der Waals surface area contributed by atoms with E-state index >= 15 is 0 Å². The molecule has 1 aliphatic rings. The van der Waals surface area contributed by atoms with Crippen molar-refractivity contribution in [3.63, 3.8) is 0 Å². The van der Waals surface area contributed by atoms with Gasteiger partial charge in [-0.2, -0.15) is 5.10 Å². The second-order valence-corrected chi connectivity index (χ2v) is 5.09. The van der Waals surface area contributed by atoms with Gasteiger partial charge in [0.05, 0.1) is 25.0 Å². The van der Waals surface area contributed by atoms with Crippen LogP contribution < -0.4 is 0 Å². The van der Waals surface area contributed by atoms with Crippen LogP contribution in [-0.2, 0) is 18.3 Å². The zero-order valence-electron chi connectivity index (χ0n) is 12.1. The molecular weight excluding hydrogens is 244 g/mol. The molecule has 6 nitrogen and oxygen atoms in total. The highest BCUT2D eigenvalue weighted by Crippen LogP contribution is 2.28. The van der Waals surface area contributed by atoms with E-state index in [1.165, 1.54) is 5.69 Å². The third-order valence-corrected chi connectivity index (χ3v) is 3.43. The maximum absolute atomic E-state index is 12.1. The van der Waals surface area contributed by atoms with Crippen molar-refractivity contribution in [1.82, 2.24) is 19.6 Å². The van der Waals surface area contributed by atoms with Gasteiger partial charge in [-0.1, -0.05) is 0 Å². The van der Waals surface area contributed by atoms with Crippen LogP contribution in [0.3, 0.4) is 0 Å². The van der Waals surface area contributed by atoms with Gasteiger partial charge in [0.1, 0.15) is 0 Å². The largest absolute Gasteiger partial charge is 0.381 e. The van der Waals surface area contributed by atoms with Crippen LogP contribution in [0.15, 0.2) is 6.20 Å². The number of hydrogen-bond donors (Lipinski definition) is 0. The van der Waals surface area contributed by atoms with Gasteiger partial charge in [0.15, 0.2) is 0 Å². The fourth-order valence-corrected chi connectivity index (χ4v) is 2.58. The third kappa shape index (κ3) is 2.73. The summed E-state index contributed by atoms with van der Waals surface area (Å²) in [7, 11) is 5.50. The van der Waals surface area contributed by atoms with Gasteiger partial charge in [-0.25, -0.2) is 4.79 Å². The fourth-order valence-electron chi connectivity index (χ4n) is 2.58. The first kappa shape index (κ1) is 13.9. The molecule has 0 aromatic carbocycles. The SMILES string of the molecule is CCOCC1CN(C(=O)N(C)C)Cc2cnn(C)c21. The van der Waals surface area contributed by atoms with Gasteiger partial charge in [0.25, 0.3) is 0 Å². The lowest BCUT2D eigenvalue weighted by Crippen LogP contribution is -2.44. The van der Waals surface area contributed by atoms with Gasteiger partial charge < -0.3 is 14.5 Å². The molecule has 0 aliphatic carbocycles. The highest BCUT2D eigenvalue weighted by molar-refractivity contribution is 5.74. The van der Waals surface area contributed by atoms with Gasteiger partial charge in [-0.3, -0.25) is 4.68 Å². The lowest BCUT2D eigenvalue weighted by atomic mass is 9.97. The van der Waals surface area contributed by atoms with E-state index in [-0.39, 0.29) is 11.9 Å². The van der Waals surface area contributed by atoms with Crippen LogP contribution in [-0.4, -0.2) is 59.5 Å². The molecule has 0 saturated carbocycles. The van der Waals surface area contributed by atoms with Crippen molar-refractivity contribution in [3.8, 4) is 0 Å². The first-order chi connectivity index (χ1) is 9.04. The van der Waals surface area contributed by atoms with Crippen LogP contribution in [0.2, 0.25) is 0 Å². The first-order valence-electron chi connectivity index (χ1n) is 6.59. The Hall–Kier alpha value is -1.56. The van der Waals surface area contributed by atoms with E-state index in [1.807, 2.05) is 29.7 Å². The average molecular weight is 266 g/mol. The minimum atomic E-state index is 0.0380. The second-order valence-electron chi connectivity index (χ2n) is 5.09. The lowest BCUT2D eigenvalue weighted by molar-refractivity contribution is 0.104. The van der Waals surface area contributed by atoms with Crippen molar-refractivity contribution < 1.29 is 9.53 Å². The molecule has 1 unspecified atom stereocenters. The third-order valence-electron chi connectivity index (χ3n) is 3.43. The number of hydrogen-bond acceptors (Lipinski definition) is 3. The Morgan fingerprint density at radius 1 is 1.58 bits per heavy atom. The van der Waals surface area contributed by atoms with Crippen LogP contribution in [0.1, 0.15) is 24.1 Å². The molecule has 2 heterocycles. The molecule has 0 N–H and O–H groups in total. The molecule has 0 bridgehead atoms. The maximum atomic E-state index is 12.1. The Bertz CT molecular complexity index is 455. The lowest BCUT2D eigenvalue weighted by Gasteiger charge is -2.34. The molecule has 0 spiro atoms. The smallest absolute Gasteiger partial charge is 0.319 e. The van der Waals surface area contributed by atoms with E-state index in [1.54, 1.807) is 19.0 Å². The molecule has 0 fully saturated rings. The van der Waals surface area contributed by atoms with Crippen LogP contribution in [0.4, 0.5) is 4.79 Å². The van der Waals surface area contributed by atoms with E-state index in [4.69, 9.17) is 4.74 Å². The molecular formula is C13H22N4O2. The van der Waals surface area contributed by atoms with Gasteiger partial charge in [0, 0.05) is 45.8 Å². The minimum Gasteiger partial charge on any atom is -0.381 e. The summed E-state index contributed by atoms with van der Waals surface area (Å²) in [5.41, 5.74) is 2.31. The van der Waals surface area contributed by atoms with Crippen molar-refractivity contribution >= 4 is 6.03 Å². The number of rotatable bonds is 3. The van der Waals surface area contributed by atoms with E-state index in [0.717, 1.165) is 5.56 Å². The summed E-state index contributed by atoms with van der Waals surface area (Å²) in [4.78, 5) is 15.6. The summed E-state index contributed by atoms with van der Waals surface area (Å²) in [6, 6.07) is 0.0380. The molecule has 2 rings (SSSR count). The van der Waals surface area contributed by atoms with Crippen molar-refractivity contribution in [2.45, 2.75) is 19.4 Å². The Morgan fingerprint density at radius 3 is 2.95 bits per heavy atom. The molecule has 106 valence electrons. The predicted molar refractivity (Wildman–Crippen MR) is 71.9 cm³/mol. The summed E-state index contributed by atoms with van der Waals surface area (Å²) < 4.78 is 7.45. The van der Waals surface area contributed by atoms with Crippen molar-refractivity contribution in [2.24, 2.45) is 7.05 Å². The van der Waals surface area contributed by atoms with E-state index in [9.17, 15) is 4.79 Å². The number of aromatic nitrogens is 2. The molecule has 1 aromatic rings. The summed E-state index contributed by atoms with van der Waals surface area (Å²) >= 11 is 0. The quantitative estimate of drug-likeness (QED) is 0.821. The number of nitrogens with zero attached hydrogens (tertiary/aromatic N) is 4. The Balaban J connectivity index is 2.22. The summed E-state index contributed by atoms with van der Waals surface area (Å²) in [6.45, 7) is 4.60.